The van der Waals surface area contributed by atoms with Crippen molar-refractivity contribution in [3.63, 3.8) is 0 Å². The number of rotatable bonds is 7. The normalized spacial score (nSPS) is 17.3. The maximum absolute atomic E-state index is 9.83. The second-order valence-electron chi connectivity index (χ2n) is 9.48. The summed E-state index contributed by atoms with van der Waals surface area (Å²) in [7, 11) is 1.58. The van der Waals surface area contributed by atoms with Crippen LogP contribution in [0.3, 0.4) is 0 Å². The van der Waals surface area contributed by atoms with Crippen LogP contribution >= 0.6 is 0 Å². The third-order valence-corrected chi connectivity index (χ3v) is 6.85. The van der Waals surface area contributed by atoms with Gasteiger partial charge in [0.1, 0.15) is 24.2 Å². The molecule has 1 aromatic carbocycles. The van der Waals surface area contributed by atoms with Gasteiger partial charge in [-0.3, -0.25) is 5.10 Å². The van der Waals surface area contributed by atoms with E-state index in [-0.39, 0.29) is 12.0 Å². The summed E-state index contributed by atoms with van der Waals surface area (Å²) < 4.78 is 17.0. The van der Waals surface area contributed by atoms with Crippen LogP contribution in [0.5, 0.6) is 11.5 Å². The van der Waals surface area contributed by atoms with E-state index < -0.39 is 0 Å². The molecule has 2 saturated heterocycles. The molecule has 2 fully saturated rings. The van der Waals surface area contributed by atoms with Crippen molar-refractivity contribution in [2.24, 2.45) is 16.9 Å². The third-order valence-electron chi connectivity index (χ3n) is 6.85. The van der Waals surface area contributed by atoms with Crippen molar-refractivity contribution in [2.45, 2.75) is 13.8 Å². The Labute approximate surface area is 209 Å². The minimum absolute atomic E-state index is 0.230. The van der Waals surface area contributed by atoms with Crippen molar-refractivity contribution in [1.82, 2.24) is 15.2 Å². The van der Waals surface area contributed by atoms with Crippen LogP contribution in [-0.4, -0.2) is 55.2 Å². The Kier molecular flexibility index (Phi) is 5.94. The zero-order valence-electron chi connectivity index (χ0n) is 20.6. The summed E-state index contributed by atoms with van der Waals surface area (Å²) in [6.45, 7) is 7.20. The maximum Gasteiger partial charge on any atom is 0.162 e. The highest BCUT2D eigenvalue weighted by Gasteiger charge is 2.49. The van der Waals surface area contributed by atoms with Gasteiger partial charge in [0.25, 0.3) is 0 Å². The number of fused-ring (bicyclic) bond motifs is 1. The number of benzene rings is 1. The summed E-state index contributed by atoms with van der Waals surface area (Å²) >= 11 is 0. The monoisotopic (exact) mass is 487 g/mol. The van der Waals surface area contributed by atoms with E-state index in [1.807, 2.05) is 32.0 Å². The molecule has 2 aliphatic heterocycles. The Morgan fingerprint density at radius 2 is 2.06 bits per heavy atom. The van der Waals surface area contributed by atoms with Crippen molar-refractivity contribution in [3.8, 4) is 28.8 Å². The maximum atomic E-state index is 9.83. The van der Waals surface area contributed by atoms with Crippen molar-refractivity contribution in [1.29, 1.82) is 5.26 Å². The van der Waals surface area contributed by atoms with E-state index >= 15 is 0 Å². The molecule has 186 valence electrons. The van der Waals surface area contributed by atoms with E-state index in [2.05, 4.69) is 26.2 Å². The summed E-state index contributed by atoms with van der Waals surface area (Å²) in [5.41, 5.74) is 16.9. The van der Waals surface area contributed by atoms with Crippen molar-refractivity contribution < 1.29 is 14.2 Å². The molecule has 0 aliphatic carbocycles. The molecule has 1 spiro atoms. The molecule has 0 unspecified atom stereocenters. The molecule has 5 rings (SSSR count). The van der Waals surface area contributed by atoms with Crippen LogP contribution in [0.1, 0.15) is 19.4 Å². The first-order chi connectivity index (χ1) is 17.4. The van der Waals surface area contributed by atoms with E-state index in [4.69, 9.17) is 25.7 Å². The fourth-order valence-electron chi connectivity index (χ4n) is 4.71. The van der Waals surface area contributed by atoms with Crippen molar-refractivity contribution in [2.75, 3.05) is 44.9 Å². The lowest BCUT2D eigenvalue weighted by molar-refractivity contribution is -0.127. The molecule has 0 radical (unpaired) electrons. The molecule has 4 heterocycles. The molecule has 5 N–H and O–H groups in total. The number of hydrogen-bond donors (Lipinski definition) is 3. The Morgan fingerprint density at radius 3 is 2.67 bits per heavy atom. The molecule has 2 aliphatic rings. The smallest absolute Gasteiger partial charge is 0.162 e. The van der Waals surface area contributed by atoms with Crippen LogP contribution < -0.4 is 25.8 Å². The fourth-order valence-corrected chi connectivity index (χ4v) is 4.71. The molecule has 3 aromatic rings. The summed E-state index contributed by atoms with van der Waals surface area (Å²) in [6, 6.07) is 7.83. The largest absolute Gasteiger partial charge is 0.493 e. The van der Waals surface area contributed by atoms with Gasteiger partial charge >= 0.3 is 0 Å². The zero-order chi connectivity index (χ0) is 25.4. The SMILES string of the molecule is COc1cc2[nH]nc(-c3cnc(N4CC5(COC5)C4)c(C#N)c3)c2cc1OCC(/C(C)=C\N)=C(\C)N. The number of methoxy groups -OCH3 is 1. The summed E-state index contributed by atoms with van der Waals surface area (Å²) in [6.07, 6.45) is 3.26. The first kappa shape index (κ1) is 23.5. The van der Waals surface area contributed by atoms with Gasteiger partial charge in [-0.1, -0.05) is 0 Å². The van der Waals surface area contributed by atoms with Crippen LogP contribution in [0, 0.1) is 16.7 Å². The zero-order valence-corrected chi connectivity index (χ0v) is 20.6. The molecule has 2 aromatic heterocycles. The van der Waals surface area contributed by atoms with E-state index in [0.717, 1.165) is 53.9 Å². The van der Waals surface area contributed by atoms with Crippen LogP contribution in [0.4, 0.5) is 5.82 Å². The Morgan fingerprint density at radius 1 is 1.28 bits per heavy atom. The lowest BCUT2D eigenvalue weighted by Gasteiger charge is -2.55. The molecule has 0 bridgehead atoms. The second-order valence-corrected chi connectivity index (χ2v) is 9.48. The van der Waals surface area contributed by atoms with Crippen LogP contribution in [0.25, 0.3) is 22.2 Å². The first-order valence-corrected chi connectivity index (χ1v) is 11.6. The van der Waals surface area contributed by atoms with Gasteiger partial charge < -0.3 is 30.6 Å². The van der Waals surface area contributed by atoms with E-state index in [0.29, 0.717) is 34.3 Å². The number of nitrogens with zero attached hydrogens (tertiary/aromatic N) is 4. The van der Waals surface area contributed by atoms with Gasteiger partial charge in [-0.25, -0.2) is 4.98 Å². The molecule has 0 atom stereocenters. The number of nitriles is 1. The molecule has 10 heteroatoms. The molecule has 36 heavy (non-hydrogen) atoms. The molecular formula is C26H29N7O3. The number of H-pyrrole nitrogens is 1. The first-order valence-electron chi connectivity index (χ1n) is 11.6. The number of aromatic amines is 1. The number of aromatic nitrogens is 3. The predicted octanol–water partition coefficient (Wildman–Crippen LogP) is 2.82. The predicted molar refractivity (Wildman–Crippen MR) is 136 cm³/mol. The van der Waals surface area contributed by atoms with Gasteiger partial charge in [-0.05, 0) is 37.8 Å². The van der Waals surface area contributed by atoms with Crippen LogP contribution in [-0.2, 0) is 4.74 Å². The minimum Gasteiger partial charge on any atom is -0.493 e. The third kappa shape index (κ3) is 3.97. The number of ether oxygens (including phenoxy) is 3. The van der Waals surface area contributed by atoms with Gasteiger partial charge in [0, 0.05) is 47.6 Å². The highest BCUT2D eigenvalue weighted by molar-refractivity contribution is 5.95. The second kappa shape index (κ2) is 9.09. The number of anilines is 1. The van der Waals surface area contributed by atoms with Crippen LogP contribution in [0.15, 0.2) is 47.4 Å². The van der Waals surface area contributed by atoms with Crippen molar-refractivity contribution in [3.05, 3.63) is 53.0 Å². The molecule has 0 saturated carbocycles. The molecular weight excluding hydrogens is 458 g/mol. The number of nitrogens with two attached hydrogens (primary N) is 2. The van der Waals surface area contributed by atoms with E-state index in [9.17, 15) is 5.26 Å². The summed E-state index contributed by atoms with van der Waals surface area (Å²) in [5.74, 6) is 1.79. The Balaban J connectivity index is 1.46. The van der Waals surface area contributed by atoms with Gasteiger partial charge in [-0.15, -0.1) is 0 Å². The van der Waals surface area contributed by atoms with E-state index in [1.165, 1.54) is 6.20 Å². The number of hydrogen-bond acceptors (Lipinski definition) is 9. The van der Waals surface area contributed by atoms with Gasteiger partial charge in [-0.2, -0.15) is 10.4 Å². The summed E-state index contributed by atoms with van der Waals surface area (Å²) in [5, 5.41) is 18.2. The molecule has 0 amide bonds. The van der Waals surface area contributed by atoms with E-state index in [1.54, 1.807) is 13.3 Å². The molecule has 10 nitrogen and oxygen atoms in total. The number of allylic oxidation sites excluding steroid dienone is 1. The number of pyridine rings is 1. The Hall–Kier alpha value is -4.23. The lowest BCUT2D eigenvalue weighted by atomic mass is 9.78. The summed E-state index contributed by atoms with van der Waals surface area (Å²) in [4.78, 5) is 6.77. The Bertz CT molecular complexity index is 1420. The van der Waals surface area contributed by atoms with Gasteiger partial charge in [0.05, 0.1) is 36.8 Å². The average Bonchev–Trinajstić information content (AvgIpc) is 3.24. The van der Waals surface area contributed by atoms with Gasteiger partial charge in [0.2, 0.25) is 0 Å². The fraction of sp³-hybridized carbons (Fsp3) is 0.346. The topological polar surface area (TPSA) is 148 Å². The van der Waals surface area contributed by atoms with Gasteiger partial charge in [0.15, 0.2) is 11.5 Å². The van der Waals surface area contributed by atoms with Crippen molar-refractivity contribution >= 4 is 16.7 Å². The lowest BCUT2D eigenvalue weighted by Crippen LogP contribution is -2.66. The highest BCUT2D eigenvalue weighted by Crippen LogP contribution is 2.41. The minimum atomic E-state index is 0.230. The standard InChI is InChI=1S/C26H29N7O3/c1-15(7-27)20(16(2)29)10-36-23-5-19-21(6-22(23)34-3)31-32-24(19)18-4-17(8-28)25(30-9-18)33-11-26(12-33)13-35-14-26/h4-7,9H,10-14,27,29H2,1-3H3,(H,31,32)/b15-7-,20-16-. The quantitative estimate of drug-likeness (QED) is 0.428. The highest BCUT2D eigenvalue weighted by atomic mass is 16.5. The number of nitrogens with one attached hydrogen (secondary N) is 1. The average molecular weight is 488 g/mol. The van der Waals surface area contributed by atoms with Crippen LogP contribution in [0.2, 0.25) is 0 Å².